The minimum atomic E-state index is -4.63. The van der Waals surface area contributed by atoms with E-state index in [2.05, 4.69) is 19.9 Å². The molecular weight excluding hydrogens is 386 g/mol. The van der Waals surface area contributed by atoms with Gasteiger partial charge in [0.05, 0.1) is 11.7 Å². The van der Waals surface area contributed by atoms with Gasteiger partial charge in [-0.2, -0.15) is 13.2 Å². The maximum Gasteiger partial charge on any atom is 0.451 e. The molecule has 4 rings (SSSR count). The van der Waals surface area contributed by atoms with Gasteiger partial charge in [-0.25, -0.2) is 14.4 Å². The Morgan fingerprint density at radius 1 is 0.931 bits per heavy atom. The average molecular weight is 405 g/mol. The van der Waals surface area contributed by atoms with Gasteiger partial charge in [-0.1, -0.05) is 12.1 Å². The van der Waals surface area contributed by atoms with E-state index in [0.717, 1.165) is 18.5 Å². The summed E-state index contributed by atoms with van der Waals surface area (Å²) >= 11 is 0. The molecule has 5 nitrogen and oxygen atoms in total. The van der Waals surface area contributed by atoms with E-state index in [0.29, 0.717) is 31.6 Å². The van der Waals surface area contributed by atoms with Gasteiger partial charge < -0.3 is 4.90 Å². The summed E-state index contributed by atoms with van der Waals surface area (Å²) in [6, 6.07) is 8.00. The van der Waals surface area contributed by atoms with Crippen molar-refractivity contribution in [3.8, 4) is 0 Å². The molecule has 1 saturated heterocycles. The third-order valence-corrected chi connectivity index (χ3v) is 4.94. The highest BCUT2D eigenvalue weighted by Crippen LogP contribution is 2.31. The molecule has 0 spiro atoms. The van der Waals surface area contributed by atoms with Crippen molar-refractivity contribution in [3.05, 3.63) is 59.9 Å². The van der Waals surface area contributed by atoms with Gasteiger partial charge >= 0.3 is 6.18 Å². The van der Waals surface area contributed by atoms with E-state index < -0.39 is 12.0 Å². The van der Waals surface area contributed by atoms with E-state index >= 15 is 0 Å². The Balaban J connectivity index is 1.57. The Morgan fingerprint density at radius 3 is 2.48 bits per heavy atom. The third kappa shape index (κ3) is 4.45. The monoisotopic (exact) mass is 405 g/mol. The van der Waals surface area contributed by atoms with Crippen molar-refractivity contribution >= 4 is 16.7 Å². The molecule has 0 unspecified atom stereocenters. The molecule has 3 aromatic rings. The van der Waals surface area contributed by atoms with Crippen LogP contribution in [0.4, 0.5) is 23.4 Å². The molecule has 3 heterocycles. The highest BCUT2D eigenvalue weighted by molar-refractivity contribution is 5.88. The molecule has 9 heteroatoms. The van der Waals surface area contributed by atoms with Crippen LogP contribution < -0.4 is 4.90 Å². The lowest BCUT2D eigenvalue weighted by Gasteiger charge is -2.24. The van der Waals surface area contributed by atoms with Crippen molar-refractivity contribution in [3.63, 3.8) is 0 Å². The van der Waals surface area contributed by atoms with Gasteiger partial charge in [0.1, 0.15) is 11.6 Å². The number of hydrogen-bond donors (Lipinski definition) is 0. The van der Waals surface area contributed by atoms with Crippen molar-refractivity contribution < 1.29 is 17.6 Å². The lowest BCUT2D eigenvalue weighted by molar-refractivity contribution is -0.144. The summed E-state index contributed by atoms with van der Waals surface area (Å²) in [5.41, 5.74) is 1.18. The van der Waals surface area contributed by atoms with Crippen LogP contribution in [0.15, 0.2) is 42.7 Å². The fourth-order valence-corrected chi connectivity index (χ4v) is 3.52. The number of rotatable bonds is 3. The first-order valence-electron chi connectivity index (χ1n) is 9.31. The van der Waals surface area contributed by atoms with Gasteiger partial charge in [-0.05, 0) is 30.2 Å². The number of benzene rings is 1. The molecule has 0 aliphatic carbocycles. The minimum Gasteiger partial charge on any atom is -0.355 e. The van der Waals surface area contributed by atoms with E-state index in [-0.39, 0.29) is 17.2 Å². The van der Waals surface area contributed by atoms with Crippen molar-refractivity contribution in [2.75, 3.05) is 31.1 Å². The van der Waals surface area contributed by atoms with Gasteiger partial charge in [0, 0.05) is 44.3 Å². The fourth-order valence-electron chi connectivity index (χ4n) is 3.52. The molecular formula is C20H19F4N5. The smallest absolute Gasteiger partial charge is 0.355 e. The minimum absolute atomic E-state index is 0.178. The zero-order valence-electron chi connectivity index (χ0n) is 15.5. The van der Waals surface area contributed by atoms with E-state index in [9.17, 15) is 17.6 Å². The molecule has 152 valence electrons. The lowest BCUT2D eigenvalue weighted by Crippen LogP contribution is -2.31. The summed E-state index contributed by atoms with van der Waals surface area (Å²) in [7, 11) is 0. The Labute approximate surface area is 165 Å². The number of halogens is 4. The number of pyridine rings is 1. The van der Waals surface area contributed by atoms with E-state index in [1.54, 1.807) is 18.2 Å². The van der Waals surface area contributed by atoms with Crippen LogP contribution in [0.1, 0.15) is 17.8 Å². The Kier molecular flexibility index (Phi) is 5.31. The standard InChI is InChI=1S/C20H19F4N5/c21-15-4-2-14(3-5-15)13-28-8-1-9-29(11-10-28)18-16-6-7-25-12-17(16)26-19(27-18)20(22,23)24/h2-7,12H,1,8-11,13H2. The van der Waals surface area contributed by atoms with Crippen LogP contribution in [-0.2, 0) is 12.7 Å². The lowest BCUT2D eigenvalue weighted by atomic mass is 10.2. The second-order valence-electron chi connectivity index (χ2n) is 7.00. The molecule has 1 aliphatic heterocycles. The normalized spacial score (nSPS) is 16.2. The van der Waals surface area contributed by atoms with Crippen LogP contribution in [-0.4, -0.2) is 46.0 Å². The molecule has 0 radical (unpaired) electrons. The molecule has 0 amide bonds. The number of fused-ring (bicyclic) bond motifs is 1. The zero-order valence-corrected chi connectivity index (χ0v) is 15.5. The molecule has 0 atom stereocenters. The number of alkyl halides is 3. The maximum atomic E-state index is 13.3. The van der Waals surface area contributed by atoms with Gasteiger partial charge in [-0.15, -0.1) is 0 Å². The number of nitrogens with zero attached hydrogens (tertiary/aromatic N) is 5. The van der Waals surface area contributed by atoms with Gasteiger partial charge in [0.15, 0.2) is 0 Å². The zero-order chi connectivity index (χ0) is 20.4. The highest BCUT2D eigenvalue weighted by Gasteiger charge is 2.36. The first kappa shape index (κ1) is 19.5. The van der Waals surface area contributed by atoms with Gasteiger partial charge in [0.25, 0.3) is 0 Å². The highest BCUT2D eigenvalue weighted by atomic mass is 19.4. The summed E-state index contributed by atoms with van der Waals surface area (Å²) in [6.07, 6.45) is -0.992. The SMILES string of the molecule is Fc1ccc(CN2CCCN(c3nc(C(F)(F)F)nc4cnccc34)CC2)cc1. The predicted molar refractivity (Wildman–Crippen MR) is 101 cm³/mol. The largest absolute Gasteiger partial charge is 0.451 e. The molecule has 1 aromatic carbocycles. The molecule has 2 aromatic heterocycles. The summed E-state index contributed by atoms with van der Waals surface area (Å²) in [4.78, 5) is 15.5. The molecule has 0 bridgehead atoms. The van der Waals surface area contributed by atoms with E-state index in [1.165, 1.54) is 24.5 Å². The Bertz CT molecular complexity index is 990. The summed E-state index contributed by atoms with van der Waals surface area (Å²) in [5, 5.41) is 0.556. The fraction of sp³-hybridized carbons (Fsp3) is 0.350. The van der Waals surface area contributed by atoms with Crippen LogP contribution >= 0.6 is 0 Å². The van der Waals surface area contributed by atoms with Crippen LogP contribution in [0.5, 0.6) is 0 Å². The average Bonchev–Trinajstić information content (AvgIpc) is 2.94. The first-order chi connectivity index (χ1) is 13.9. The van der Waals surface area contributed by atoms with Crippen molar-refractivity contribution in [2.24, 2.45) is 0 Å². The van der Waals surface area contributed by atoms with Crippen molar-refractivity contribution in [1.29, 1.82) is 0 Å². The predicted octanol–water partition coefficient (Wildman–Crippen LogP) is 3.90. The molecule has 1 fully saturated rings. The van der Waals surface area contributed by atoms with E-state index in [4.69, 9.17) is 0 Å². The van der Waals surface area contributed by atoms with Crippen LogP contribution in [0.2, 0.25) is 0 Å². The summed E-state index contributed by atoms with van der Waals surface area (Å²) < 4.78 is 52.9. The van der Waals surface area contributed by atoms with Gasteiger partial charge in [-0.3, -0.25) is 9.88 Å². The van der Waals surface area contributed by atoms with Crippen LogP contribution in [0.25, 0.3) is 10.9 Å². The number of anilines is 1. The van der Waals surface area contributed by atoms with Crippen LogP contribution in [0, 0.1) is 5.82 Å². The Morgan fingerprint density at radius 2 is 1.72 bits per heavy atom. The van der Waals surface area contributed by atoms with Crippen molar-refractivity contribution in [2.45, 2.75) is 19.1 Å². The quantitative estimate of drug-likeness (QED) is 0.619. The topological polar surface area (TPSA) is 45.2 Å². The molecule has 1 aliphatic rings. The molecule has 0 saturated carbocycles. The van der Waals surface area contributed by atoms with Gasteiger partial charge in [0.2, 0.25) is 5.82 Å². The Hall–Kier alpha value is -2.81. The number of aromatic nitrogens is 3. The summed E-state index contributed by atoms with van der Waals surface area (Å²) in [5.74, 6) is -1.14. The van der Waals surface area contributed by atoms with E-state index in [1.807, 2.05) is 4.90 Å². The maximum absolute atomic E-state index is 13.3. The van der Waals surface area contributed by atoms with Crippen molar-refractivity contribution in [1.82, 2.24) is 19.9 Å². The summed E-state index contributed by atoms with van der Waals surface area (Å²) in [6.45, 7) is 3.24. The second-order valence-corrected chi connectivity index (χ2v) is 7.00. The number of hydrogen-bond acceptors (Lipinski definition) is 5. The second kappa shape index (κ2) is 7.90. The first-order valence-corrected chi connectivity index (χ1v) is 9.31. The third-order valence-electron chi connectivity index (χ3n) is 4.94. The molecule has 0 N–H and O–H groups in total. The van der Waals surface area contributed by atoms with Crippen LogP contribution in [0.3, 0.4) is 0 Å². The molecule has 29 heavy (non-hydrogen) atoms.